The van der Waals surface area contributed by atoms with Gasteiger partial charge in [0.15, 0.2) is 15.4 Å². The van der Waals surface area contributed by atoms with Crippen LogP contribution in [0.15, 0.2) is 39.8 Å². The SMILES string of the molecule is C[C@H]1CNCCN1c1nc2c(S(C)(=O)=O)c(Cl)cc(-c3ccccn3)c2o1. The van der Waals surface area contributed by atoms with E-state index in [0.717, 1.165) is 25.9 Å². The number of benzene rings is 1. The lowest BCUT2D eigenvalue weighted by Crippen LogP contribution is -2.50. The van der Waals surface area contributed by atoms with Crippen LogP contribution in [0.4, 0.5) is 6.01 Å². The summed E-state index contributed by atoms with van der Waals surface area (Å²) in [5.74, 6) is 0. The molecule has 1 N–H and O–H groups in total. The third kappa shape index (κ3) is 3.28. The standard InChI is InChI=1S/C18H19ClN4O3S/c1-11-10-20-7-8-23(11)18-22-15-16(26-18)12(14-5-3-4-6-21-14)9-13(19)17(15)27(2,24)25/h3-6,9,11,20H,7-8,10H2,1-2H3/t11-/m0/s1. The molecule has 7 nitrogen and oxygen atoms in total. The average molecular weight is 407 g/mol. The molecule has 1 saturated heterocycles. The monoisotopic (exact) mass is 406 g/mol. The van der Waals surface area contributed by atoms with Gasteiger partial charge < -0.3 is 14.6 Å². The van der Waals surface area contributed by atoms with Crippen LogP contribution >= 0.6 is 11.6 Å². The highest BCUT2D eigenvalue weighted by Gasteiger charge is 2.28. The van der Waals surface area contributed by atoms with Crippen LogP contribution in [-0.4, -0.2) is 50.3 Å². The number of aromatic nitrogens is 2. The maximum absolute atomic E-state index is 12.4. The zero-order valence-electron chi connectivity index (χ0n) is 14.9. The van der Waals surface area contributed by atoms with E-state index in [4.69, 9.17) is 16.0 Å². The second-order valence-corrected chi connectivity index (χ2v) is 9.00. The Kier molecular flexibility index (Phi) is 4.57. The molecule has 142 valence electrons. The molecule has 1 aliphatic heterocycles. The van der Waals surface area contributed by atoms with Crippen molar-refractivity contribution in [2.75, 3.05) is 30.8 Å². The Morgan fingerprint density at radius 3 is 2.85 bits per heavy atom. The van der Waals surface area contributed by atoms with Crippen molar-refractivity contribution in [1.29, 1.82) is 0 Å². The molecule has 1 atom stereocenters. The van der Waals surface area contributed by atoms with E-state index >= 15 is 0 Å². The summed E-state index contributed by atoms with van der Waals surface area (Å²) in [6.07, 6.45) is 2.78. The predicted octanol–water partition coefficient (Wildman–Crippen LogP) is 2.74. The van der Waals surface area contributed by atoms with Crippen LogP contribution in [0, 0.1) is 0 Å². The Bertz CT molecular complexity index is 1100. The van der Waals surface area contributed by atoms with Gasteiger partial charge in [-0.3, -0.25) is 4.98 Å². The van der Waals surface area contributed by atoms with Crippen molar-refractivity contribution in [1.82, 2.24) is 15.3 Å². The fourth-order valence-electron chi connectivity index (χ4n) is 3.33. The quantitative estimate of drug-likeness (QED) is 0.715. The Morgan fingerprint density at radius 1 is 1.37 bits per heavy atom. The summed E-state index contributed by atoms with van der Waals surface area (Å²) in [5.41, 5.74) is 1.87. The molecule has 4 rings (SSSR count). The zero-order valence-corrected chi connectivity index (χ0v) is 16.5. The largest absolute Gasteiger partial charge is 0.423 e. The van der Waals surface area contributed by atoms with Gasteiger partial charge >= 0.3 is 0 Å². The van der Waals surface area contributed by atoms with Gasteiger partial charge in [0.25, 0.3) is 6.01 Å². The maximum Gasteiger partial charge on any atom is 0.298 e. The number of hydrogen-bond donors (Lipinski definition) is 1. The smallest absolute Gasteiger partial charge is 0.298 e. The minimum Gasteiger partial charge on any atom is -0.423 e. The molecule has 1 fully saturated rings. The lowest BCUT2D eigenvalue weighted by atomic mass is 10.1. The first-order valence-electron chi connectivity index (χ1n) is 8.58. The van der Waals surface area contributed by atoms with Crippen LogP contribution in [-0.2, 0) is 9.84 Å². The summed E-state index contributed by atoms with van der Waals surface area (Å²) in [7, 11) is -3.60. The fourth-order valence-corrected chi connectivity index (χ4v) is 4.85. The molecule has 0 amide bonds. The van der Waals surface area contributed by atoms with E-state index in [1.807, 2.05) is 17.0 Å². The second-order valence-electron chi connectivity index (χ2n) is 6.64. The van der Waals surface area contributed by atoms with Gasteiger partial charge in [0.05, 0.1) is 10.7 Å². The number of pyridine rings is 1. The summed E-state index contributed by atoms with van der Waals surface area (Å²) in [4.78, 5) is 10.9. The van der Waals surface area contributed by atoms with Crippen LogP contribution < -0.4 is 10.2 Å². The van der Waals surface area contributed by atoms with Gasteiger partial charge in [0.1, 0.15) is 10.4 Å². The van der Waals surface area contributed by atoms with Gasteiger partial charge in [-0.15, -0.1) is 0 Å². The summed E-state index contributed by atoms with van der Waals surface area (Å²) >= 11 is 6.35. The Hall–Kier alpha value is -2.16. The van der Waals surface area contributed by atoms with E-state index in [0.29, 0.717) is 22.9 Å². The Balaban J connectivity index is 2.00. The number of rotatable bonds is 3. The van der Waals surface area contributed by atoms with Crippen molar-refractivity contribution in [3.05, 3.63) is 35.5 Å². The lowest BCUT2D eigenvalue weighted by Gasteiger charge is -2.32. The number of sulfone groups is 1. The number of nitrogens with one attached hydrogen (secondary N) is 1. The van der Waals surface area contributed by atoms with Gasteiger partial charge in [-0.1, -0.05) is 17.7 Å². The number of halogens is 1. The summed E-state index contributed by atoms with van der Waals surface area (Å²) in [6.45, 7) is 4.38. The molecule has 9 heteroatoms. The maximum atomic E-state index is 12.4. The van der Waals surface area contributed by atoms with E-state index in [1.165, 1.54) is 0 Å². The first-order chi connectivity index (χ1) is 12.9. The number of nitrogens with zero attached hydrogens (tertiary/aromatic N) is 3. The third-order valence-electron chi connectivity index (χ3n) is 4.62. The molecule has 0 saturated carbocycles. The van der Waals surface area contributed by atoms with E-state index in [-0.39, 0.29) is 21.5 Å². The van der Waals surface area contributed by atoms with Gasteiger partial charge in [-0.05, 0) is 25.1 Å². The molecular weight excluding hydrogens is 388 g/mol. The van der Waals surface area contributed by atoms with Crippen molar-refractivity contribution in [3.63, 3.8) is 0 Å². The minimum absolute atomic E-state index is 0.0170. The first kappa shape index (κ1) is 18.2. The molecular formula is C18H19ClN4O3S. The molecule has 2 aromatic heterocycles. The molecule has 0 radical (unpaired) electrons. The van der Waals surface area contributed by atoms with E-state index in [2.05, 4.69) is 22.2 Å². The summed E-state index contributed by atoms with van der Waals surface area (Å²) in [6, 6.07) is 7.62. The number of oxazole rings is 1. The van der Waals surface area contributed by atoms with Crippen LogP contribution in [0.1, 0.15) is 6.92 Å². The van der Waals surface area contributed by atoms with Gasteiger partial charge in [-0.2, -0.15) is 4.98 Å². The Labute approximate surface area is 162 Å². The normalized spacial score (nSPS) is 18.2. The number of hydrogen-bond acceptors (Lipinski definition) is 7. The summed E-state index contributed by atoms with van der Waals surface area (Å²) in [5, 5.41) is 3.42. The van der Waals surface area contributed by atoms with Crippen molar-refractivity contribution >= 4 is 38.6 Å². The molecule has 0 aliphatic carbocycles. The van der Waals surface area contributed by atoms with Crippen molar-refractivity contribution in [2.24, 2.45) is 0 Å². The highest BCUT2D eigenvalue weighted by Crippen LogP contribution is 2.39. The predicted molar refractivity (Wildman–Crippen MR) is 105 cm³/mol. The van der Waals surface area contributed by atoms with Crippen molar-refractivity contribution in [2.45, 2.75) is 17.9 Å². The average Bonchev–Trinajstić information content (AvgIpc) is 3.05. The van der Waals surface area contributed by atoms with Crippen LogP contribution in [0.5, 0.6) is 0 Å². The molecule has 1 aliphatic rings. The Morgan fingerprint density at radius 2 is 2.19 bits per heavy atom. The number of fused-ring (bicyclic) bond motifs is 1. The second kappa shape index (κ2) is 6.78. The third-order valence-corrected chi connectivity index (χ3v) is 6.19. The molecule has 0 unspecified atom stereocenters. The van der Waals surface area contributed by atoms with Crippen molar-refractivity contribution in [3.8, 4) is 11.3 Å². The number of piperazine rings is 1. The number of anilines is 1. The molecule has 1 aromatic carbocycles. The highest BCUT2D eigenvalue weighted by molar-refractivity contribution is 7.91. The minimum atomic E-state index is -3.60. The van der Waals surface area contributed by atoms with Crippen molar-refractivity contribution < 1.29 is 12.8 Å². The molecule has 0 bridgehead atoms. The van der Waals surface area contributed by atoms with Crippen LogP contribution in [0.25, 0.3) is 22.4 Å². The van der Waals surface area contributed by atoms with Gasteiger partial charge in [0.2, 0.25) is 0 Å². The molecule has 0 spiro atoms. The van der Waals surface area contributed by atoms with E-state index < -0.39 is 9.84 Å². The first-order valence-corrected chi connectivity index (χ1v) is 10.8. The van der Waals surface area contributed by atoms with E-state index in [9.17, 15) is 8.42 Å². The fraction of sp³-hybridized carbons (Fsp3) is 0.333. The molecule has 3 aromatic rings. The zero-order chi connectivity index (χ0) is 19.2. The van der Waals surface area contributed by atoms with Crippen LogP contribution in [0.3, 0.4) is 0 Å². The molecule has 27 heavy (non-hydrogen) atoms. The summed E-state index contributed by atoms with van der Waals surface area (Å²) < 4.78 is 30.8. The lowest BCUT2D eigenvalue weighted by molar-refractivity contribution is 0.456. The highest BCUT2D eigenvalue weighted by atomic mass is 35.5. The topological polar surface area (TPSA) is 88.3 Å². The molecule has 3 heterocycles. The van der Waals surface area contributed by atoms with E-state index in [1.54, 1.807) is 18.3 Å². The van der Waals surface area contributed by atoms with Crippen LogP contribution in [0.2, 0.25) is 5.02 Å². The van der Waals surface area contributed by atoms with Gasteiger partial charge in [0, 0.05) is 43.7 Å². The van der Waals surface area contributed by atoms with Gasteiger partial charge in [-0.25, -0.2) is 8.42 Å².